The number of hydrogen-bond donors (Lipinski definition) is 0. The second kappa shape index (κ2) is 4.53. The molecule has 2 saturated heterocycles. The molecule has 4 nitrogen and oxygen atoms in total. The quantitative estimate of drug-likeness (QED) is 0.686. The molecule has 0 N–H and O–H groups in total. The zero-order valence-electron chi connectivity index (χ0n) is 10.1. The van der Waals surface area contributed by atoms with Gasteiger partial charge in [0.1, 0.15) is 5.78 Å². The summed E-state index contributed by atoms with van der Waals surface area (Å²) < 4.78 is 0. The number of amides is 1. The normalized spacial score (nSPS) is 28.8. The Morgan fingerprint density at radius 2 is 1.81 bits per heavy atom. The molecule has 0 radical (unpaired) electrons. The summed E-state index contributed by atoms with van der Waals surface area (Å²) in [5.74, 6) is 0.779. The first-order valence-corrected chi connectivity index (χ1v) is 6.09. The summed E-state index contributed by atoms with van der Waals surface area (Å²) >= 11 is 0. The predicted octanol–water partition coefficient (Wildman–Crippen LogP) is 0.518. The van der Waals surface area contributed by atoms with E-state index in [0.717, 1.165) is 38.9 Å². The van der Waals surface area contributed by atoms with Crippen molar-refractivity contribution in [1.29, 1.82) is 0 Å². The molecule has 0 aliphatic carbocycles. The van der Waals surface area contributed by atoms with Crippen LogP contribution in [0.1, 0.15) is 26.2 Å². The van der Waals surface area contributed by atoms with Crippen LogP contribution < -0.4 is 0 Å². The van der Waals surface area contributed by atoms with Gasteiger partial charge in [-0.2, -0.15) is 0 Å². The highest BCUT2D eigenvalue weighted by Gasteiger charge is 2.36. The molecule has 0 aromatic carbocycles. The van der Waals surface area contributed by atoms with Crippen molar-refractivity contribution < 1.29 is 9.59 Å². The first-order valence-electron chi connectivity index (χ1n) is 6.09. The van der Waals surface area contributed by atoms with Crippen molar-refractivity contribution >= 4 is 11.7 Å². The molecular formula is C12H20N2O2. The van der Waals surface area contributed by atoms with E-state index in [1.807, 2.05) is 11.9 Å². The molecule has 16 heavy (non-hydrogen) atoms. The van der Waals surface area contributed by atoms with Gasteiger partial charge in [-0.15, -0.1) is 0 Å². The Labute approximate surface area is 96.6 Å². The van der Waals surface area contributed by atoms with Crippen LogP contribution in [0.25, 0.3) is 0 Å². The van der Waals surface area contributed by atoms with E-state index < -0.39 is 0 Å². The number of piperidine rings is 1. The summed E-state index contributed by atoms with van der Waals surface area (Å²) in [4.78, 5) is 27.1. The Bertz CT molecular complexity index is 295. The van der Waals surface area contributed by atoms with Crippen molar-refractivity contribution in [2.45, 2.75) is 32.2 Å². The molecule has 0 aromatic rings. The minimum absolute atomic E-state index is 0.0814. The highest BCUT2D eigenvalue weighted by molar-refractivity contribution is 5.83. The highest BCUT2D eigenvalue weighted by Crippen LogP contribution is 2.23. The second-order valence-corrected chi connectivity index (χ2v) is 4.99. The van der Waals surface area contributed by atoms with Crippen LogP contribution in [-0.2, 0) is 9.59 Å². The van der Waals surface area contributed by atoms with Gasteiger partial charge in [0, 0.05) is 19.5 Å². The Balaban J connectivity index is 1.90. The zero-order chi connectivity index (χ0) is 11.7. The van der Waals surface area contributed by atoms with Gasteiger partial charge in [-0.05, 0) is 39.3 Å². The molecule has 2 aliphatic rings. The lowest BCUT2D eigenvalue weighted by molar-refractivity contribution is -0.131. The summed E-state index contributed by atoms with van der Waals surface area (Å²) in [6, 6.07) is 0.0814. The Morgan fingerprint density at radius 1 is 1.19 bits per heavy atom. The molecule has 90 valence electrons. The highest BCUT2D eigenvalue weighted by atomic mass is 16.2. The molecule has 0 bridgehead atoms. The number of ketones is 1. The van der Waals surface area contributed by atoms with Crippen LogP contribution in [0.4, 0.5) is 0 Å². The fourth-order valence-electron chi connectivity index (χ4n) is 2.76. The zero-order valence-corrected chi connectivity index (χ0v) is 10.1. The average molecular weight is 224 g/mol. The molecule has 1 amide bonds. The van der Waals surface area contributed by atoms with Gasteiger partial charge in [-0.3, -0.25) is 14.5 Å². The monoisotopic (exact) mass is 224 g/mol. The molecule has 2 fully saturated rings. The van der Waals surface area contributed by atoms with Crippen LogP contribution >= 0.6 is 0 Å². The van der Waals surface area contributed by atoms with Crippen LogP contribution in [0.2, 0.25) is 0 Å². The van der Waals surface area contributed by atoms with Gasteiger partial charge in [-0.1, -0.05) is 0 Å². The van der Waals surface area contributed by atoms with E-state index in [-0.39, 0.29) is 17.9 Å². The van der Waals surface area contributed by atoms with Gasteiger partial charge in [0.15, 0.2) is 0 Å². The predicted molar refractivity (Wildman–Crippen MR) is 61.0 cm³/mol. The maximum absolute atomic E-state index is 11.8. The number of carbonyl (C=O) groups excluding carboxylic acids is 2. The summed E-state index contributed by atoms with van der Waals surface area (Å²) in [7, 11) is 1.87. The van der Waals surface area contributed by atoms with E-state index in [1.54, 1.807) is 6.92 Å². The lowest BCUT2D eigenvalue weighted by Gasteiger charge is -2.34. The molecule has 1 unspecified atom stereocenters. The maximum Gasteiger partial charge on any atom is 0.239 e. The van der Waals surface area contributed by atoms with Crippen LogP contribution in [0, 0.1) is 5.92 Å². The molecule has 0 aromatic heterocycles. The average Bonchev–Trinajstić information content (AvgIpc) is 2.60. The number of nitrogens with zero attached hydrogens (tertiary/aromatic N) is 2. The standard InChI is InChI=1S/C12H20N2O2/c1-9(15)10-3-7-14(8-4-10)11-5-6-13(2)12(11)16/h10-11H,3-8H2,1-2H3. The Morgan fingerprint density at radius 3 is 2.25 bits per heavy atom. The molecule has 0 spiro atoms. The summed E-state index contributed by atoms with van der Waals surface area (Å²) in [6.07, 6.45) is 2.78. The summed E-state index contributed by atoms with van der Waals surface area (Å²) in [5, 5.41) is 0. The molecule has 1 atom stereocenters. The van der Waals surface area contributed by atoms with Crippen LogP contribution in [0.3, 0.4) is 0 Å². The minimum Gasteiger partial charge on any atom is -0.344 e. The van der Waals surface area contributed by atoms with E-state index in [1.165, 1.54) is 0 Å². The third kappa shape index (κ3) is 2.12. The maximum atomic E-state index is 11.8. The number of likely N-dealkylation sites (tertiary alicyclic amines) is 2. The number of carbonyl (C=O) groups is 2. The van der Waals surface area contributed by atoms with Crippen LogP contribution in [-0.4, -0.2) is 54.2 Å². The molecule has 2 heterocycles. The van der Waals surface area contributed by atoms with Crippen LogP contribution in [0.15, 0.2) is 0 Å². The molecule has 4 heteroatoms. The number of likely N-dealkylation sites (N-methyl/N-ethyl adjacent to an activating group) is 1. The fourth-order valence-corrected chi connectivity index (χ4v) is 2.76. The largest absolute Gasteiger partial charge is 0.344 e. The molecule has 2 rings (SSSR count). The first kappa shape index (κ1) is 11.6. The first-order chi connectivity index (χ1) is 7.59. The smallest absolute Gasteiger partial charge is 0.239 e. The number of Topliss-reactive ketones (excluding diaryl/α,β-unsaturated/α-hetero) is 1. The third-order valence-corrected chi connectivity index (χ3v) is 3.94. The van der Waals surface area contributed by atoms with E-state index in [4.69, 9.17) is 0 Å². The second-order valence-electron chi connectivity index (χ2n) is 4.99. The summed E-state index contributed by atoms with van der Waals surface area (Å²) in [6.45, 7) is 4.34. The fraction of sp³-hybridized carbons (Fsp3) is 0.833. The van der Waals surface area contributed by atoms with E-state index in [9.17, 15) is 9.59 Å². The van der Waals surface area contributed by atoms with Gasteiger partial charge >= 0.3 is 0 Å². The Hall–Kier alpha value is -0.900. The van der Waals surface area contributed by atoms with E-state index in [0.29, 0.717) is 5.78 Å². The minimum atomic E-state index is 0.0814. The topological polar surface area (TPSA) is 40.6 Å². The van der Waals surface area contributed by atoms with Crippen molar-refractivity contribution in [2.75, 3.05) is 26.7 Å². The van der Waals surface area contributed by atoms with E-state index in [2.05, 4.69) is 4.90 Å². The van der Waals surface area contributed by atoms with Gasteiger partial charge in [0.2, 0.25) is 5.91 Å². The van der Waals surface area contributed by atoms with Crippen molar-refractivity contribution in [3.8, 4) is 0 Å². The lowest BCUT2D eigenvalue weighted by atomic mass is 9.92. The summed E-state index contributed by atoms with van der Waals surface area (Å²) in [5.41, 5.74) is 0. The van der Waals surface area contributed by atoms with Crippen molar-refractivity contribution in [2.24, 2.45) is 5.92 Å². The van der Waals surface area contributed by atoms with E-state index >= 15 is 0 Å². The van der Waals surface area contributed by atoms with Crippen molar-refractivity contribution in [3.63, 3.8) is 0 Å². The van der Waals surface area contributed by atoms with Crippen molar-refractivity contribution in [1.82, 2.24) is 9.80 Å². The molecule has 0 saturated carbocycles. The van der Waals surface area contributed by atoms with Crippen molar-refractivity contribution in [3.05, 3.63) is 0 Å². The lowest BCUT2D eigenvalue weighted by Crippen LogP contribution is -2.46. The van der Waals surface area contributed by atoms with Gasteiger partial charge in [0.05, 0.1) is 6.04 Å². The number of hydrogen-bond acceptors (Lipinski definition) is 3. The van der Waals surface area contributed by atoms with Gasteiger partial charge < -0.3 is 4.90 Å². The SMILES string of the molecule is CC(=O)C1CCN(C2CCN(C)C2=O)CC1. The van der Waals surface area contributed by atoms with Gasteiger partial charge in [0.25, 0.3) is 0 Å². The third-order valence-electron chi connectivity index (χ3n) is 3.94. The number of rotatable bonds is 2. The molecular weight excluding hydrogens is 204 g/mol. The Kier molecular flexibility index (Phi) is 3.28. The van der Waals surface area contributed by atoms with Crippen LogP contribution in [0.5, 0.6) is 0 Å². The van der Waals surface area contributed by atoms with Gasteiger partial charge in [-0.25, -0.2) is 0 Å². The molecule has 2 aliphatic heterocycles.